The third-order valence-corrected chi connectivity index (χ3v) is 5.72. The van der Waals surface area contributed by atoms with Crippen LogP contribution in [-0.4, -0.2) is 40.6 Å². The van der Waals surface area contributed by atoms with Crippen molar-refractivity contribution in [2.45, 2.75) is 31.0 Å². The SMILES string of the molecule is N=C(N)NCCCC(NC(=O)C(O)(c1ccccc1)c1ccccc1)C(=O)NCc1ccc(O)cc1. The topological polar surface area (TPSA) is 161 Å². The monoisotopic (exact) mass is 489 g/mol. The Balaban J connectivity index is 1.81. The predicted molar refractivity (Wildman–Crippen MR) is 137 cm³/mol. The first-order valence-electron chi connectivity index (χ1n) is 11.6. The molecule has 8 N–H and O–H groups in total. The predicted octanol–water partition coefficient (Wildman–Crippen LogP) is 1.69. The normalized spacial score (nSPS) is 11.8. The van der Waals surface area contributed by atoms with Gasteiger partial charge in [0, 0.05) is 13.1 Å². The van der Waals surface area contributed by atoms with Gasteiger partial charge >= 0.3 is 0 Å². The van der Waals surface area contributed by atoms with Crippen LogP contribution in [0.2, 0.25) is 0 Å². The van der Waals surface area contributed by atoms with Crippen molar-refractivity contribution in [1.82, 2.24) is 16.0 Å². The number of hydrogen-bond acceptors (Lipinski definition) is 5. The number of carbonyl (C=O) groups is 2. The van der Waals surface area contributed by atoms with Crippen molar-refractivity contribution < 1.29 is 19.8 Å². The fourth-order valence-electron chi connectivity index (χ4n) is 3.77. The molecule has 0 aliphatic carbocycles. The molecule has 9 nitrogen and oxygen atoms in total. The van der Waals surface area contributed by atoms with Crippen molar-refractivity contribution in [2.24, 2.45) is 5.73 Å². The molecule has 9 heteroatoms. The number of phenolic OH excluding ortho intramolecular Hbond substituents is 1. The largest absolute Gasteiger partial charge is 0.508 e. The molecule has 1 unspecified atom stereocenters. The summed E-state index contributed by atoms with van der Waals surface area (Å²) < 4.78 is 0. The fraction of sp³-hybridized carbons (Fsp3) is 0.222. The van der Waals surface area contributed by atoms with Gasteiger partial charge in [0.2, 0.25) is 5.91 Å². The molecule has 0 radical (unpaired) electrons. The van der Waals surface area contributed by atoms with E-state index < -0.39 is 23.5 Å². The van der Waals surface area contributed by atoms with Gasteiger partial charge in [0.1, 0.15) is 11.8 Å². The number of amides is 2. The summed E-state index contributed by atoms with van der Waals surface area (Å²) in [5.74, 6) is -1.23. The van der Waals surface area contributed by atoms with Crippen molar-refractivity contribution in [3.63, 3.8) is 0 Å². The molecule has 3 aromatic rings. The quantitative estimate of drug-likeness (QED) is 0.123. The molecule has 3 rings (SSSR count). The van der Waals surface area contributed by atoms with Crippen molar-refractivity contribution >= 4 is 17.8 Å². The molecule has 0 aliphatic rings. The van der Waals surface area contributed by atoms with Crippen molar-refractivity contribution in [3.8, 4) is 5.75 Å². The van der Waals surface area contributed by atoms with E-state index in [2.05, 4.69) is 16.0 Å². The number of carbonyl (C=O) groups excluding carboxylic acids is 2. The maximum Gasteiger partial charge on any atom is 0.262 e. The average molecular weight is 490 g/mol. The minimum atomic E-state index is -2.02. The van der Waals surface area contributed by atoms with E-state index in [1.54, 1.807) is 72.8 Å². The Bertz CT molecular complexity index is 1110. The maximum atomic E-state index is 13.6. The lowest BCUT2D eigenvalue weighted by Gasteiger charge is -2.30. The number of rotatable bonds is 11. The minimum absolute atomic E-state index is 0.120. The maximum absolute atomic E-state index is 13.6. The van der Waals surface area contributed by atoms with Gasteiger partial charge in [0.05, 0.1) is 0 Å². The minimum Gasteiger partial charge on any atom is -0.508 e. The number of guanidine groups is 1. The lowest BCUT2D eigenvalue weighted by molar-refractivity contribution is -0.140. The number of nitrogens with two attached hydrogens (primary N) is 1. The van der Waals surface area contributed by atoms with E-state index in [1.165, 1.54) is 12.1 Å². The zero-order valence-corrected chi connectivity index (χ0v) is 19.8. The molecule has 0 bridgehead atoms. The zero-order valence-electron chi connectivity index (χ0n) is 19.8. The van der Waals surface area contributed by atoms with Crippen LogP contribution < -0.4 is 21.7 Å². The van der Waals surface area contributed by atoms with Gasteiger partial charge in [-0.3, -0.25) is 15.0 Å². The lowest BCUT2D eigenvalue weighted by Crippen LogP contribution is -2.53. The molecule has 0 aromatic heterocycles. The van der Waals surface area contributed by atoms with E-state index in [9.17, 15) is 19.8 Å². The summed E-state index contributed by atoms with van der Waals surface area (Å²) >= 11 is 0. The summed E-state index contributed by atoms with van der Waals surface area (Å²) in [6.07, 6.45) is 0.680. The standard InChI is InChI=1S/C27H31N5O4/c28-26(29)30-17-7-12-23(24(34)31-18-19-13-15-22(33)16-14-19)32-25(35)27(36,20-8-3-1-4-9-20)21-10-5-2-6-11-21/h1-6,8-11,13-16,23,33,36H,7,12,17-18H2,(H,31,34)(H,32,35)(H4,28,29,30). The van der Waals surface area contributed by atoms with Crippen LogP contribution in [0.1, 0.15) is 29.5 Å². The summed E-state index contributed by atoms with van der Waals surface area (Å²) in [6, 6.07) is 22.6. The van der Waals surface area contributed by atoms with Gasteiger partial charge in [-0.25, -0.2) is 0 Å². The molecule has 2 amide bonds. The third kappa shape index (κ3) is 6.83. The van der Waals surface area contributed by atoms with Gasteiger partial charge in [-0.2, -0.15) is 0 Å². The first-order chi connectivity index (χ1) is 17.3. The zero-order chi connectivity index (χ0) is 26.0. The van der Waals surface area contributed by atoms with Gasteiger partial charge < -0.3 is 31.9 Å². The van der Waals surface area contributed by atoms with E-state index in [1.807, 2.05) is 0 Å². The number of phenols is 1. The molecule has 1 atom stereocenters. The molecule has 0 fully saturated rings. The highest BCUT2D eigenvalue weighted by molar-refractivity contribution is 5.94. The second-order valence-electron chi connectivity index (χ2n) is 8.34. The smallest absolute Gasteiger partial charge is 0.262 e. The average Bonchev–Trinajstić information content (AvgIpc) is 2.90. The molecule has 0 saturated carbocycles. The summed E-state index contributed by atoms with van der Waals surface area (Å²) in [4.78, 5) is 26.7. The molecular weight excluding hydrogens is 458 g/mol. The van der Waals surface area contributed by atoms with Crippen LogP contribution in [0.4, 0.5) is 0 Å². The highest BCUT2D eigenvalue weighted by atomic mass is 16.3. The van der Waals surface area contributed by atoms with Crippen LogP contribution in [0.3, 0.4) is 0 Å². The van der Waals surface area contributed by atoms with E-state index in [4.69, 9.17) is 11.1 Å². The molecule has 0 aliphatic heterocycles. The molecule has 0 saturated heterocycles. The van der Waals surface area contributed by atoms with Crippen LogP contribution in [0.25, 0.3) is 0 Å². The van der Waals surface area contributed by atoms with E-state index in [0.29, 0.717) is 24.1 Å². The van der Waals surface area contributed by atoms with Gasteiger partial charge in [0.15, 0.2) is 11.6 Å². The molecular formula is C27H31N5O4. The van der Waals surface area contributed by atoms with E-state index in [-0.39, 0.29) is 24.7 Å². The summed E-state index contributed by atoms with van der Waals surface area (Å²) in [5, 5.41) is 36.7. The summed E-state index contributed by atoms with van der Waals surface area (Å²) in [5.41, 5.74) is 4.83. The Labute approximate surface area is 209 Å². The fourth-order valence-corrected chi connectivity index (χ4v) is 3.77. The van der Waals surface area contributed by atoms with Gasteiger partial charge in [-0.05, 0) is 41.7 Å². The van der Waals surface area contributed by atoms with Crippen LogP contribution in [0.5, 0.6) is 5.75 Å². The molecule has 3 aromatic carbocycles. The van der Waals surface area contributed by atoms with Gasteiger partial charge in [0.25, 0.3) is 5.91 Å². The number of nitrogens with one attached hydrogen (secondary N) is 4. The number of benzene rings is 3. The highest BCUT2D eigenvalue weighted by Crippen LogP contribution is 2.30. The Morgan fingerprint density at radius 3 is 1.97 bits per heavy atom. The molecule has 36 heavy (non-hydrogen) atoms. The molecule has 188 valence electrons. The number of hydrogen-bond donors (Lipinski definition) is 7. The van der Waals surface area contributed by atoms with Crippen LogP contribution >= 0.6 is 0 Å². The van der Waals surface area contributed by atoms with Crippen molar-refractivity contribution in [3.05, 3.63) is 102 Å². The van der Waals surface area contributed by atoms with E-state index >= 15 is 0 Å². The van der Waals surface area contributed by atoms with E-state index in [0.717, 1.165) is 5.56 Å². The third-order valence-electron chi connectivity index (χ3n) is 5.72. The Hall–Kier alpha value is -4.37. The van der Waals surface area contributed by atoms with Crippen LogP contribution in [-0.2, 0) is 21.7 Å². The van der Waals surface area contributed by atoms with Crippen molar-refractivity contribution in [1.29, 1.82) is 5.41 Å². The summed E-state index contributed by atoms with van der Waals surface area (Å²) in [6.45, 7) is 0.535. The summed E-state index contributed by atoms with van der Waals surface area (Å²) in [7, 11) is 0. The second-order valence-corrected chi connectivity index (χ2v) is 8.34. The Morgan fingerprint density at radius 1 is 0.889 bits per heavy atom. The Morgan fingerprint density at radius 2 is 1.44 bits per heavy atom. The lowest BCUT2D eigenvalue weighted by atomic mass is 9.85. The number of aromatic hydroxyl groups is 1. The second kappa shape index (κ2) is 12.4. The van der Waals surface area contributed by atoms with Gasteiger partial charge in [-0.15, -0.1) is 0 Å². The first-order valence-corrected chi connectivity index (χ1v) is 11.6. The highest BCUT2D eigenvalue weighted by Gasteiger charge is 2.41. The van der Waals surface area contributed by atoms with Gasteiger partial charge in [-0.1, -0.05) is 72.8 Å². The Kier molecular flexibility index (Phi) is 9.01. The van der Waals surface area contributed by atoms with Crippen molar-refractivity contribution in [2.75, 3.05) is 6.54 Å². The molecule has 0 heterocycles. The van der Waals surface area contributed by atoms with Crippen LogP contribution in [0.15, 0.2) is 84.9 Å². The van der Waals surface area contributed by atoms with Crippen LogP contribution in [0, 0.1) is 5.41 Å². The first kappa shape index (κ1) is 26.2. The number of aliphatic hydroxyl groups is 1. The molecule has 0 spiro atoms.